The number of hydroxylamine groups is 2. The summed E-state index contributed by atoms with van der Waals surface area (Å²) < 4.78 is 15.7. The van der Waals surface area contributed by atoms with Gasteiger partial charge in [0.1, 0.15) is 17.3 Å². The molecule has 2 aliphatic rings. The van der Waals surface area contributed by atoms with Crippen LogP contribution in [0.1, 0.15) is 95.2 Å². The van der Waals surface area contributed by atoms with Crippen LogP contribution >= 0.6 is 0 Å². The summed E-state index contributed by atoms with van der Waals surface area (Å²) in [5.74, 6) is -2.19. The van der Waals surface area contributed by atoms with E-state index in [-0.39, 0.29) is 69.8 Å². The second kappa shape index (κ2) is 17.9. The summed E-state index contributed by atoms with van der Waals surface area (Å²) in [6.45, 7) is 10.0. The van der Waals surface area contributed by atoms with Crippen molar-refractivity contribution in [1.82, 2.24) is 25.2 Å². The first-order chi connectivity index (χ1) is 23.9. The standard InChI is InChI=1S/C36H49N5O9/c1-6-47-34(45)26-16-12-11-15-25(26)28-23-29(38-31(37-28)24-13-9-8-10-14-24)32(43)39-27(17-18-30(42)49-36(3,4)5)33(44)40-19-21-41(22-20-40)50-35(46)48-7-2/h8-10,13-14,23,25-27H,6-7,11-12,15-22H2,1-5H3,(H,39,43)/t25?,26?,27-/m0/s1. The largest absolute Gasteiger partial charge is 0.527 e. The fraction of sp³-hybridized carbons (Fsp3) is 0.583. The molecular formula is C36H49N5O9. The summed E-state index contributed by atoms with van der Waals surface area (Å²) in [4.78, 5) is 81.5. The Kier molecular flexibility index (Phi) is 13.7. The number of nitrogens with one attached hydrogen (secondary N) is 1. The molecule has 0 radical (unpaired) electrons. The number of ether oxygens (including phenoxy) is 3. The number of hydrogen-bond donors (Lipinski definition) is 1. The van der Waals surface area contributed by atoms with Crippen LogP contribution in [0.2, 0.25) is 0 Å². The average molecular weight is 696 g/mol. The van der Waals surface area contributed by atoms with Gasteiger partial charge in [0.25, 0.3) is 5.91 Å². The number of aromatic nitrogens is 2. The monoisotopic (exact) mass is 695 g/mol. The quantitative estimate of drug-likeness (QED) is 0.246. The molecule has 1 aliphatic heterocycles. The van der Waals surface area contributed by atoms with Gasteiger partial charge in [0.15, 0.2) is 5.82 Å². The number of piperazine rings is 1. The summed E-state index contributed by atoms with van der Waals surface area (Å²) in [6.07, 6.45) is 2.16. The lowest BCUT2D eigenvalue weighted by Crippen LogP contribution is -2.55. The summed E-state index contributed by atoms with van der Waals surface area (Å²) in [5.41, 5.74) is 0.550. The Morgan fingerprint density at radius 2 is 1.60 bits per heavy atom. The highest BCUT2D eigenvalue weighted by Crippen LogP contribution is 2.38. The van der Waals surface area contributed by atoms with Gasteiger partial charge in [-0.2, -0.15) is 0 Å². The van der Waals surface area contributed by atoms with Crippen LogP contribution < -0.4 is 5.32 Å². The highest BCUT2D eigenvalue weighted by Gasteiger charge is 2.36. The molecule has 1 N–H and O–H groups in total. The SMILES string of the molecule is CCOC(=O)ON1CCN(C(=O)[C@H](CCC(=O)OC(C)(C)C)NC(=O)c2cc(C3CCCCC3C(=O)OCC)nc(-c3ccccc3)n2)CC1. The lowest BCUT2D eigenvalue weighted by atomic mass is 9.77. The van der Waals surface area contributed by atoms with Crippen LogP contribution in [0.4, 0.5) is 4.79 Å². The molecule has 2 amide bonds. The third-order valence-corrected chi connectivity index (χ3v) is 8.42. The van der Waals surface area contributed by atoms with E-state index in [1.54, 1.807) is 45.6 Å². The summed E-state index contributed by atoms with van der Waals surface area (Å²) in [7, 11) is 0. The van der Waals surface area contributed by atoms with E-state index in [0.29, 0.717) is 29.9 Å². The molecule has 272 valence electrons. The Labute approximate surface area is 293 Å². The molecular weight excluding hydrogens is 646 g/mol. The van der Waals surface area contributed by atoms with Crippen LogP contribution in [0.5, 0.6) is 0 Å². The average Bonchev–Trinajstić information content (AvgIpc) is 3.09. The number of amides is 2. The second-order valence-corrected chi connectivity index (χ2v) is 13.3. The molecule has 14 nitrogen and oxygen atoms in total. The normalized spacial score (nSPS) is 18.8. The molecule has 14 heteroatoms. The molecule has 3 atom stereocenters. The maximum Gasteiger partial charge on any atom is 0.527 e. The fourth-order valence-electron chi connectivity index (χ4n) is 6.12. The predicted octanol–water partition coefficient (Wildman–Crippen LogP) is 4.43. The van der Waals surface area contributed by atoms with Crippen LogP contribution in [0.3, 0.4) is 0 Å². The van der Waals surface area contributed by atoms with Crippen LogP contribution in [0.15, 0.2) is 36.4 Å². The maximum atomic E-state index is 14.0. The van der Waals surface area contributed by atoms with Gasteiger partial charge in [-0.3, -0.25) is 19.2 Å². The van der Waals surface area contributed by atoms with Crippen molar-refractivity contribution in [2.45, 2.75) is 90.7 Å². The van der Waals surface area contributed by atoms with Crippen molar-refractivity contribution < 1.29 is 43.0 Å². The third kappa shape index (κ3) is 11.0. The molecule has 2 aromatic rings. The minimum atomic E-state index is -1.09. The van der Waals surface area contributed by atoms with Gasteiger partial charge in [-0.05, 0) is 59.9 Å². The first kappa shape index (κ1) is 38.2. The van der Waals surface area contributed by atoms with Crippen LogP contribution in [-0.4, -0.2) is 101 Å². The maximum absolute atomic E-state index is 14.0. The molecule has 2 heterocycles. The van der Waals surface area contributed by atoms with Crippen molar-refractivity contribution in [3.63, 3.8) is 0 Å². The summed E-state index contributed by atoms with van der Waals surface area (Å²) in [5, 5.41) is 4.25. The van der Waals surface area contributed by atoms with E-state index in [9.17, 15) is 24.0 Å². The molecule has 0 bridgehead atoms. The van der Waals surface area contributed by atoms with Gasteiger partial charge in [-0.1, -0.05) is 43.2 Å². The smallest absolute Gasteiger partial charge is 0.466 e. The molecule has 2 unspecified atom stereocenters. The van der Waals surface area contributed by atoms with E-state index in [2.05, 4.69) is 10.3 Å². The lowest BCUT2D eigenvalue weighted by Gasteiger charge is -2.35. The first-order valence-corrected chi connectivity index (χ1v) is 17.4. The number of benzene rings is 1. The van der Waals surface area contributed by atoms with Gasteiger partial charge in [-0.25, -0.2) is 14.8 Å². The molecule has 1 saturated heterocycles. The summed E-state index contributed by atoms with van der Waals surface area (Å²) >= 11 is 0. The van der Waals surface area contributed by atoms with Crippen molar-refractivity contribution in [2.24, 2.45) is 5.92 Å². The Morgan fingerprint density at radius 3 is 2.26 bits per heavy atom. The molecule has 1 saturated carbocycles. The van der Waals surface area contributed by atoms with Gasteiger partial charge in [-0.15, -0.1) is 5.06 Å². The summed E-state index contributed by atoms with van der Waals surface area (Å²) in [6, 6.07) is 9.72. The predicted molar refractivity (Wildman–Crippen MR) is 181 cm³/mol. The molecule has 0 spiro atoms. The van der Waals surface area contributed by atoms with Crippen LogP contribution in [0, 0.1) is 5.92 Å². The number of nitrogens with zero attached hydrogens (tertiary/aromatic N) is 4. The highest BCUT2D eigenvalue weighted by atomic mass is 16.8. The van der Waals surface area contributed by atoms with Crippen molar-refractivity contribution >= 4 is 29.9 Å². The molecule has 4 rings (SSSR count). The van der Waals surface area contributed by atoms with E-state index in [0.717, 1.165) is 12.8 Å². The number of esters is 2. The third-order valence-electron chi connectivity index (χ3n) is 8.42. The van der Waals surface area contributed by atoms with Gasteiger partial charge >= 0.3 is 18.1 Å². The minimum Gasteiger partial charge on any atom is -0.466 e. The van der Waals surface area contributed by atoms with E-state index >= 15 is 0 Å². The zero-order valence-electron chi connectivity index (χ0n) is 29.6. The Morgan fingerprint density at radius 1 is 0.920 bits per heavy atom. The van der Waals surface area contributed by atoms with Crippen molar-refractivity contribution in [3.8, 4) is 11.4 Å². The van der Waals surface area contributed by atoms with Gasteiger partial charge < -0.3 is 29.3 Å². The highest BCUT2D eigenvalue weighted by molar-refractivity contribution is 5.96. The van der Waals surface area contributed by atoms with E-state index in [4.69, 9.17) is 24.0 Å². The van der Waals surface area contributed by atoms with Crippen molar-refractivity contribution in [1.29, 1.82) is 0 Å². The van der Waals surface area contributed by atoms with E-state index in [1.807, 2.05) is 30.3 Å². The first-order valence-electron chi connectivity index (χ1n) is 17.4. The minimum absolute atomic E-state index is 0.0178. The number of carbonyl (C=O) groups is 5. The Balaban J connectivity index is 1.60. The van der Waals surface area contributed by atoms with Gasteiger partial charge in [0.2, 0.25) is 5.91 Å². The zero-order valence-corrected chi connectivity index (χ0v) is 29.6. The number of hydrogen-bond acceptors (Lipinski definition) is 12. The van der Waals surface area contributed by atoms with Crippen molar-refractivity contribution in [2.75, 3.05) is 39.4 Å². The Bertz CT molecular complexity index is 1490. The molecule has 1 aromatic carbocycles. The molecule has 1 aliphatic carbocycles. The molecule has 50 heavy (non-hydrogen) atoms. The van der Waals surface area contributed by atoms with E-state index in [1.165, 1.54) is 5.06 Å². The van der Waals surface area contributed by atoms with E-state index < -0.39 is 41.5 Å². The van der Waals surface area contributed by atoms with Crippen LogP contribution in [-0.2, 0) is 33.4 Å². The molecule has 1 aromatic heterocycles. The van der Waals surface area contributed by atoms with Gasteiger partial charge in [0.05, 0.1) is 32.2 Å². The van der Waals surface area contributed by atoms with Crippen LogP contribution in [0.25, 0.3) is 11.4 Å². The lowest BCUT2D eigenvalue weighted by molar-refractivity contribution is -0.158. The Hall–Kier alpha value is -4.59. The second-order valence-electron chi connectivity index (χ2n) is 13.3. The van der Waals surface area contributed by atoms with Crippen molar-refractivity contribution in [3.05, 3.63) is 47.8 Å². The zero-order chi connectivity index (χ0) is 36.3. The number of carbonyl (C=O) groups excluding carboxylic acids is 5. The topological polar surface area (TPSA) is 167 Å². The fourth-order valence-corrected chi connectivity index (χ4v) is 6.12. The number of rotatable bonds is 12. The van der Waals surface area contributed by atoms with Gasteiger partial charge in [0, 0.05) is 36.7 Å². The molecule has 2 fully saturated rings.